The van der Waals surface area contributed by atoms with E-state index in [-0.39, 0.29) is 0 Å². The van der Waals surface area contributed by atoms with Crippen LogP contribution in [-0.2, 0) is 13.1 Å². The van der Waals surface area contributed by atoms with Crippen LogP contribution in [0, 0.1) is 22.7 Å². The van der Waals surface area contributed by atoms with E-state index < -0.39 is 7.81 Å². The molecule has 0 unspecified atom stereocenters. The maximum atomic E-state index is 9.87. The zero-order valence-corrected chi connectivity index (χ0v) is 9.54. The van der Waals surface area contributed by atoms with Crippen molar-refractivity contribution in [1.29, 1.82) is 10.5 Å². The van der Waals surface area contributed by atoms with Gasteiger partial charge < -0.3 is 0 Å². The molecule has 0 N–H and O–H groups in total. The zero-order chi connectivity index (χ0) is 14.5. The number of imidazole rings is 1. The summed E-state index contributed by atoms with van der Waals surface area (Å²) < 4.78 is 62.6. The van der Waals surface area contributed by atoms with Gasteiger partial charge in [0.1, 0.15) is 24.5 Å². The molecule has 0 amide bonds. The number of nitriles is 2. The summed E-state index contributed by atoms with van der Waals surface area (Å²) >= 11 is 0. The standard InChI is InChI=1S/C7H7N4.F6P/c8-1-3-10-5-6-11(7-10)4-2-9;1-7(2,3,4,5)6/h5-7H,3-4H2;/q+1;-1. The van der Waals surface area contributed by atoms with Crippen LogP contribution in [-0.4, -0.2) is 4.57 Å². The van der Waals surface area contributed by atoms with Crippen LogP contribution in [0.2, 0.25) is 0 Å². The Morgan fingerprint density at radius 1 is 1.06 bits per heavy atom. The minimum Gasteiger partial charge on any atom is -0.223 e. The van der Waals surface area contributed by atoms with Crippen LogP contribution in [0.4, 0.5) is 25.2 Å². The van der Waals surface area contributed by atoms with Gasteiger partial charge in [-0.05, 0) is 0 Å². The molecule has 1 aromatic rings. The van der Waals surface area contributed by atoms with E-state index in [1.54, 1.807) is 27.9 Å². The molecule has 1 aromatic heterocycles. The van der Waals surface area contributed by atoms with Gasteiger partial charge in [-0.2, -0.15) is 10.5 Å². The fraction of sp³-hybridized carbons (Fsp3) is 0.286. The van der Waals surface area contributed by atoms with E-state index in [9.17, 15) is 25.2 Å². The van der Waals surface area contributed by atoms with Crippen molar-refractivity contribution in [3.05, 3.63) is 18.7 Å². The van der Waals surface area contributed by atoms with E-state index >= 15 is 0 Å². The Labute approximate surface area is 97.5 Å². The predicted octanol–water partition coefficient (Wildman–Crippen LogP) is 3.21. The quantitative estimate of drug-likeness (QED) is 0.477. The maximum absolute atomic E-state index is 10.7. The predicted molar refractivity (Wildman–Crippen MR) is 49.4 cm³/mol. The molecule has 4 nitrogen and oxygen atoms in total. The zero-order valence-electron chi connectivity index (χ0n) is 8.65. The van der Waals surface area contributed by atoms with E-state index in [2.05, 4.69) is 0 Å². The van der Waals surface area contributed by atoms with Crippen molar-refractivity contribution >= 4 is 7.81 Å². The van der Waals surface area contributed by atoms with Crippen LogP contribution in [0.5, 0.6) is 0 Å². The Balaban J connectivity index is 0.000000360. The van der Waals surface area contributed by atoms with Gasteiger partial charge in [0, 0.05) is 0 Å². The molecule has 1 heterocycles. The van der Waals surface area contributed by atoms with Gasteiger partial charge in [0.05, 0.1) is 0 Å². The average molecular weight is 292 g/mol. The Morgan fingerprint density at radius 2 is 1.56 bits per heavy atom. The third-order valence-electron chi connectivity index (χ3n) is 1.25. The molecule has 18 heavy (non-hydrogen) atoms. The van der Waals surface area contributed by atoms with E-state index in [0.717, 1.165) is 0 Å². The minimum absolute atomic E-state index is 0.332. The van der Waals surface area contributed by atoms with Crippen LogP contribution in [0.25, 0.3) is 0 Å². The summed E-state index contributed by atoms with van der Waals surface area (Å²) in [5.74, 6) is 0. The molecule has 1 rings (SSSR count). The number of halogens is 6. The topological polar surface area (TPSA) is 56.4 Å². The molecule has 11 heteroatoms. The Bertz CT molecular complexity index is 448. The molecule has 0 saturated carbocycles. The van der Waals surface area contributed by atoms with Gasteiger partial charge in [-0.15, -0.1) is 0 Å². The summed E-state index contributed by atoms with van der Waals surface area (Å²) in [7, 11) is -10.7. The molecule has 0 saturated heterocycles. The van der Waals surface area contributed by atoms with E-state index in [1.807, 2.05) is 12.1 Å². The summed E-state index contributed by atoms with van der Waals surface area (Å²) in [5.41, 5.74) is 0. The molecule has 0 atom stereocenters. The average Bonchev–Trinajstić information content (AvgIpc) is 2.48. The van der Waals surface area contributed by atoms with Crippen molar-refractivity contribution in [2.45, 2.75) is 13.1 Å². The first-order chi connectivity index (χ1) is 7.81. The second-order valence-corrected chi connectivity index (χ2v) is 4.95. The van der Waals surface area contributed by atoms with Crippen molar-refractivity contribution in [3.8, 4) is 12.1 Å². The monoisotopic (exact) mass is 292 g/mol. The second-order valence-electron chi connectivity index (χ2n) is 3.03. The van der Waals surface area contributed by atoms with Crippen LogP contribution in [0.3, 0.4) is 0 Å². The fourth-order valence-corrected chi connectivity index (χ4v) is 0.789. The molecule has 0 aliphatic heterocycles. The molecule has 0 aromatic carbocycles. The summed E-state index contributed by atoms with van der Waals surface area (Å²) in [6.45, 7) is 0.664. The van der Waals surface area contributed by atoms with Crippen molar-refractivity contribution in [3.63, 3.8) is 0 Å². The molecule has 0 aliphatic rings. The fourth-order valence-electron chi connectivity index (χ4n) is 0.789. The maximum Gasteiger partial charge on any atom is 0.245 e. The second kappa shape index (κ2) is 4.46. The Morgan fingerprint density at radius 3 is 1.94 bits per heavy atom. The molecule has 0 aliphatic carbocycles. The SMILES string of the molecule is F[P-](F)(F)(F)(F)F.N#CCn1cc[n+](CC#N)c1. The molecule has 0 fully saturated rings. The number of aromatic nitrogens is 2. The van der Waals surface area contributed by atoms with Crippen molar-refractivity contribution in [2.75, 3.05) is 0 Å². The number of nitrogens with zero attached hydrogens (tertiary/aromatic N) is 4. The summed E-state index contributed by atoms with van der Waals surface area (Å²) in [5, 5.41) is 16.6. The normalized spacial score (nSPS) is 14.2. The van der Waals surface area contributed by atoms with E-state index in [0.29, 0.717) is 13.1 Å². The molecule has 0 spiro atoms. The van der Waals surface area contributed by atoms with Gasteiger partial charge >= 0.3 is 33.0 Å². The summed E-state index contributed by atoms with van der Waals surface area (Å²) in [6.07, 6.45) is 5.26. The molecular weight excluding hydrogens is 285 g/mol. The number of hydrogen-bond donors (Lipinski definition) is 0. The van der Waals surface area contributed by atoms with Gasteiger partial charge in [-0.1, -0.05) is 0 Å². The molecular formula is C7H7F6N4P. The van der Waals surface area contributed by atoms with Gasteiger partial charge in [-0.3, -0.25) is 0 Å². The van der Waals surface area contributed by atoms with Crippen molar-refractivity contribution < 1.29 is 29.7 Å². The Hall–Kier alpha value is -1.80. The number of hydrogen-bond acceptors (Lipinski definition) is 2. The molecule has 0 bridgehead atoms. The van der Waals surface area contributed by atoms with Crippen LogP contribution in [0.1, 0.15) is 0 Å². The number of rotatable bonds is 2. The first kappa shape index (κ1) is 16.2. The minimum atomic E-state index is -10.7. The van der Waals surface area contributed by atoms with Gasteiger partial charge in [-0.25, -0.2) is 9.13 Å². The smallest absolute Gasteiger partial charge is 0.223 e. The largest absolute Gasteiger partial charge is 0.245 e. The van der Waals surface area contributed by atoms with Crippen molar-refractivity contribution in [1.82, 2.24) is 4.57 Å². The van der Waals surface area contributed by atoms with Gasteiger partial charge in [0.15, 0.2) is 13.1 Å². The first-order valence-electron chi connectivity index (χ1n) is 4.17. The molecule has 0 radical (unpaired) electrons. The van der Waals surface area contributed by atoms with Crippen LogP contribution in [0.15, 0.2) is 18.7 Å². The third-order valence-corrected chi connectivity index (χ3v) is 1.25. The third kappa shape index (κ3) is 14.2. The van der Waals surface area contributed by atoms with Crippen molar-refractivity contribution in [2.24, 2.45) is 0 Å². The molecule has 102 valence electrons. The summed E-state index contributed by atoms with van der Waals surface area (Å²) in [4.78, 5) is 0. The van der Waals surface area contributed by atoms with Crippen LogP contribution < -0.4 is 4.57 Å². The van der Waals surface area contributed by atoms with E-state index in [4.69, 9.17) is 10.5 Å². The van der Waals surface area contributed by atoms with Gasteiger partial charge in [0.25, 0.3) is 0 Å². The van der Waals surface area contributed by atoms with Crippen LogP contribution >= 0.6 is 7.81 Å². The van der Waals surface area contributed by atoms with Gasteiger partial charge in [0.2, 0.25) is 6.33 Å². The summed E-state index contributed by atoms with van der Waals surface area (Å²) in [6, 6.07) is 4.01. The van der Waals surface area contributed by atoms with E-state index in [1.165, 1.54) is 0 Å². The Kier molecular flexibility index (Phi) is 4.02. The first-order valence-corrected chi connectivity index (χ1v) is 6.20.